The molecule has 2 rings (SSSR count). The Bertz CT molecular complexity index is 475. The smallest absolute Gasteiger partial charge is 0.247 e. The van der Waals surface area contributed by atoms with Crippen LogP contribution in [0.25, 0.3) is 0 Å². The van der Waals surface area contributed by atoms with Gasteiger partial charge < -0.3 is 15.0 Å². The summed E-state index contributed by atoms with van der Waals surface area (Å²) < 4.78 is 5.39. The molecule has 1 saturated heterocycles. The number of carbonyl (C=O) groups is 2. The number of nitrogens with one attached hydrogen (secondary N) is 1. The molecule has 1 fully saturated rings. The van der Waals surface area contributed by atoms with Gasteiger partial charge in [0.05, 0.1) is 19.2 Å². The van der Waals surface area contributed by atoms with Crippen LogP contribution in [0.2, 0.25) is 0 Å². The van der Waals surface area contributed by atoms with Crippen LogP contribution in [0.1, 0.15) is 25.5 Å². The monoisotopic (exact) mass is 276 g/mol. The van der Waals surface area contributed by atoms with Crippen LogP contribution in [-0.4, -0.2) is 42.5 Å². The second-order valence-corrected chi connectivity index (χ2v) is 4.84. The van der Waals surface area contributed by atoms with Gasteiger partial charge in [0.1, 0.15) is 6.04 Å². The summed E-state index contributed by atoms with van der Waals surface area (Å²) in [4.78, 5) is 26.0. The van der Waals surface area contributed by atoms with Crippen molar-refractivity contribution in [3.63, 3.8) is 0 Å². The fraction of sp³-hybridized carbons (Fsp3) is 0.467. The minimum atomic E-state index is -0.576. The standard InChI is InChI=1S/C15H20N2O3/c1-3-20-10-11(2)17-13(18)9-16-15(19)14(17)12-7-5-4-6-8-12/h4-8,11,14H,3,9-10H2,1-2H3,(H,16,19). The number of nitrogens with zero attached hydrogens (tertiary/aromatic N) is 1. The van der Waals surface area contributed by atoms with E-state index in [-0.39, 0.29) is 24.4 Å². The summed E-state index contributed by atoms with van der Waals surface area (Å²) >= 11 is 0. The molecule has 2 amide bonds. The maximum atomic E-state index is 12.2. The van der Waals surface area contributed by atoms with Gasteiger partial charge in [0.2, 0.25) is 11.8 Å². The van der Waals surface area contributed by atoms with Crippen LogP contribution in [0.5, 0.6) is 0 Å². The third-order valence-electron chi connectivity index (χ3n) is 3.38. The lowest BCUT2D eigenvalue weighted by atomic mass is 10.0. The zero-order chi connectivity index (χ0) is 14.5. The molecule has 1 heterocycles. The summed E-state index contributed by atoms with van der Waals surface area (Å²) in [5, 5.41) is 2.65. The van der Waals surface area contributed by atoms with Gasteiger partial charge in [-0.1, -0.05) is 30.3 Å². The number of rotatable bonds is 5. The van der Waals surface area contributed by atoms with Crippen molar-refractivity contribution in [1.29, 1.82) is 0 Å². The SMILES string of the molecule is CCOCC(C)N1C(=O)CNC(=O)C1c1ccccc1. The van der Waals surface area contributed by atoms with Gasteiger partial charge in [-0.2, -0.15) is 0 Å². The summed E-state index contributed by atoms with van der Waals surface area (Å²) in [6.45, 7) is 4.89. The normalized spacial score (nSPS) is 20.7. The molecule has 2 unspecified atom stereocenters. The minimum Gasteiger partial charge on any atom is -0.380 e. The van der Waals surface area contributed by atoms with Gasteiger partial charge in [0.15, 0.2) is 0 Å². The van der Waals surface area contributed by atoms with Crippen molar-refractivity contribution >= 4 is 11.8 Å². The Morgan fingerprint density at radius 2 is 2.05 bits per heavy atom. The molecule has 1 aromatic rings. The van der Waals surface area contributed by atoms with E-state index in [2.05, 4.69) is 5.32 Å². The number of amides is 2. The molecule has 0 saturated carbocycles. The lowest BCUT2D eigenvalue weighted by Crippen LogP contribution is -2.57. The number of benzene rings is 1. The van der Waals surface area contributed by atoms with Crippen molar-refractivity contribution < 1.29 is 14.3 Å². The zero-order valence-electron chi connectivity index (χ0n) is 11.8. The molecule has 5 heteroatoms. The van der Waals surface area contributed by atoms with Crippen molar-refractivity contribution in [3.8, 4) is 0 Å². The average Bonchev–Trinajstić information content (AvgIpc) is 2.47. The molecule has 1 aliphatic rings. The van der Waals surface area contributed by atoms with E-state index in [4.69, 9.17) is 4.74 Å². The molecule has 0 spiro atoms. The highest BCUT2D eigenvalue weighted by atomic mass is 16.5. The van der Waals surface area contributed by atoms with Gasteiger partial charge >= 0.3 is 0 Å². The fourth-order valence-corrected chi connectivity index (χ4v) is 2.44. The molecular weight excluding hydrogens is 256 g/mol. The van der Waals surface area contributed by atoms with Crippen LogP contribution < -0.4 is 5.32 Å². The molecule has 0 bridgehead atoms. The highest BCUT2D eigenvalue weighted by Crippen LogP contribution is 2.26. The Morgan fingerprint density at radius 3 is 2.70 bits per heavy atom. The Balaban J connectivity index is 2.27. The van der Waals surface area contributed by atoms with Gasteiger partial charge in [0, 0.05) is 6.61 Å². The maximum absolute atomic E-state index is 12.2. The average molecular weight is 276 g/mol. The molecule has 108 valence electrons. The van der Waals surface area contributed by atoms with E-state index in [9.17, 15) is 9.59 Å². The van der Waals surface area contributed by atoms with E-state index in [1.54, 1.807) is 4.90 Å². The van der Waals surface area contributed by atoms with Crippen molar-refractivity contribution in [2.45, 2.75) is 25.9 Å². The second-order valence-electron chi connectivity index (χ2n) is 4.84. The lowest BCUT2D eigenvalue weighted by Gasteiger charge is -2.39. The summed E-state index contributed by atoms with van der Waals surface area (Å²) in [6, 6.07) is 8.64. The summed E-state index contributed by atoms with van der Waals surface area (Å²) in [7, 11) is 0. The lowest BCUT2D eigenvalue weighted by molar-refractivity contribution is -0.149. The van der Waals surface area contributed by atoms with E-state index in [1.165, 1.54) is 0 Å². The van der Waals surface area contributed by atoms with E-state index in [0.717, 1.165) is 5.56 Å². The molecule has 0 aromatic heterocycles. The van der Waals surface area contributed by atoms with Gasteiger partial charge in [0.25, 0.3) is 0 Å². The third kappa shape index (κ3) is 2.99. The summed E-state index contributed by atoms with van der Waals surface area (Å²) in [5.41, 5.74) is 0.821. The summed E-state index contributed by atoms with van der Waals surface area (Å²) in [6.07, 6.45) is 0. The van der Waals surface area contributed by atoms with Gasteiger partial charge in [-0.3, -0.25) is 9.59 Å². The van der Waals surface area contributed by atoms with Crippen LogP contribution in [0.3, 0.4) is 0 Å². The predicted octanol–water partition coefficient (Wildman–Crippen LogP) is 1.11. The van der Waals surface area contributed by atoms with Crippen molar-refractivity contribution in [1.82, 2.24) is 10.2 Å². The summed E-state index contributed by atoms with van der Waals surface area (Å²) in [5.74, 6) is -0.218. The first-order chi connectivity index (χ1) is 9.65. The molecule has 0 aliphatic carbocycles. The minimum absolute atomic E-state index is 0.0542. The Hall–Kier alpha value is -1.88. The van der Waals surface area contributed by atoms with E-state index in [0.29, 0.717) is 13.2 Å². The quantitative estimate of drug-likeness (QED) is 0.876. The van der Waals surface area contributed by atoms with E-state index >= 15 is 0 Å². The van der Waals surface area contributed by atoms with E-state index in [1.807, 2.05) is 44.2 Å². The van der Waals surface area contributed by atoms with Crippen LogP contribution in [0, 0.1) is 0 Å². The fourth-order valence-electron chi connectivity index (χ4n) is 2.44. The van der Waals surface area contributed by atoms with Gasteiger partial charge in [-0.15, -0.1) is 0 Å². The molecule has 1 aromatic carbocycles. The molecule has 2 atom stereocenters. The second kappa shape index (κ2) is 6.52. The van der Waals surface area contributed by atoms with Crippen molar-refractivity contribution in [2.24, 2.45) is 0 Å². The third-order valence-corrected chi connectivity index (χ3v) is 3.38. The number of piperazine rings is 1. The largest absolute Gasteiger partial charge is 0.380 e. The number of ether oxygens (including phenoxy) is 1. The van der Waals surface area contributed by atoms with Crippen LogP contribution in [-0.2, 0) is 14.3 Å². The molecule has 20 heavy (non-hydrogen) atoms. The van der Waals surface area contributed by atoms with Crippen molar-refractivity contribution in [2.75, 3.05) is 19.8 Å². The molecule has 1 aliphatic heterocycles. The van der Waals surface area contributed by atoms with Crippen LogP contribution >= 0.6 is 0 Å². The maximum Gasteiger partial charge on any atom is 0.247 e. The highest BCUT2D eigenvalue weighted by Gasteiger charge is 2.38. The Labute approximate surface area is 118 Å². The Kier molecular flexibility index (Phi) is 4.74. The van der Waals surface area contributed by atoms with E-state index < -0.39 is 6.04 Å². The van der Waals surface area contributed by atoms with Crippen LogP contribution in [0.4, 0.5) is 0 Å². The Morgan fingerprint density at radius 1 is 1.35 bits per heavy atom. The van der Waals surface area contributed by atoms with Crippen LogP contribution in [0.15, 0.2) is 30.3 Å². The highest BCUT2D eigenvalue weighted by molar-refractivity contribution is 5.95. The van der Waals surface area contributed by atoms with Crippen molar-refractivity contribution in [3.05, 3.63) is 35.9 Å². The molecule has 5 nitrogen and oxygen atoms in total. The predicted molar refractivity (Wildman–Crippen MR) is 75.0 cm³/mol. The first kappa shape index (κ1) is 14.5. The zero-order valence-corrected chi connectivity index (χ0v) is 11.8. The van der Waals surface area contributed by atoms with Gasteiger partial charge in [-0.05, 0) is 19.4 Å². The number of carbonyl (C=O) groups excluding carboxylic acids is 2. The topological polar surface area (TPSA) is 58.6 Å². The number of hydrogen-bond donors (Lipinski definition) is 1. The first-order valence-electron chi connectivity index (χ1n) is 6.86. The molecule has 1 N–H and O–H groups in total. The number of hydrogen-bond acceptors (Lipinski definition) is 3. The first-order valence-corrected chi connectivity index (χ1v) is 6.86. The van der Waals surface area contributed by atoms with Gasteiger partial charge in [-0.25, -0.2) is 0 Å². The molecule has 0 radical (unpaired) electrons. The molecular formula is C15H20N2O3.